The Hall–Kier alpha value is -1.36. The van der Waals surface area contributed by atoms with E-state index in [1.165, 1.54) is 0 Å². The van der Waals surface area contributed by atoms with Crippen LogP contribution in [0.3, 0.4) is 0 Å². The van der Waals surface area contributed by atoms with E-state index in [-0.39, 0.29) is 29.6 Å². The number of aliphatic hydroxyl groups excluding tert-OH is 1. The first-order valence-corrected chi connectivity index (χ1v) is 6.93. The number of nitrogens with zero attached hydrogens (tertiary/aromatic N) is 2. The van der Waals surface area contributed by atoms with Gasteiger partial charge in [0.2, 0.25) is 0 Å². The van der Waals surface area contributed by atoms with E-state index in [2.05, 4.69) is 25.8 Å². The number of nitrogen functional groups attached to an aromatic ring is 1. The largest absolute Gasteiger partial charge is 0.393 e. The Morgan fingerprint density at radius 2 is 2.16 bits per heavy atom. The maximum absolute atomic E-state index is 12.0. The lowest BCUT2D eigenvalue weighted by molar-refractivity contribution is -0.00899. The molecular formula is C14H23N3O2. The summed E-state index contributed by atoms with van der Waals surface area (Å²) in [4.78, 5) is 15.8. The van der Waals surface area contributed by atoms with Gasteiger partial charge in [0.25, 0.3) is 0 Å². The lowest BCUT2D eigenvalue weighted by Gasteiger charge is -2.41. The van der Waals surface area contributed by atoms with Crippen molar-refractivity contribution >= 4 is 5.82 Å². The van der Waals surface area contributed by atoms with Crippen molar-refractivity contribution in [3.05, 3.63) is 22.7 Å². The highest BCUT2D eigenvalue weighted by Crippen LogP contribution is 2.40. The Morgan fingerprint density at radius 1 is 1.47 bits per heavy atom. The van der Waals surface area contributed by atoms with E-state index in [1.54, 1.807) is 16.8 Å². The third-order valence-electron chi connectivity index (χ3n) is 4.15. The van der Waals surface area contributed by atoms with Crippen LogP contribution in [0.1, 0.15) is 39.7 Å². The number of hydrogen-bond acceptors (Lipinski definition) is 4. The minimum atomic E-state index is -0.363. The molecule has 0 bridgehead atoms. The van der Waals surface area contributed by atoms with Crippen LogP contribution in [0.5, 0.6) is 0 Å². The van der Waals surface area contributed by atoms with Crippen molar-refractivity contribution in [1.82, 2.24) is 9.55 Å². The SMILES string of the molecule is CC1CC(O)C(C(C)C)C(n2ccc(N)nc2=O)C1. The van der Waals surface area contributed by atoms with Gasteiger partial charge in [-0.05, 0) is 30.7 Å². The average molecular weight is 265 g/mol. The van der Waals surface area contributed by atoms with E-state index in [4.69, 9.17) is 5.73 Å². The minimum absolute atomic E-state index is 0.000602. The molecule has 0 spiro atoms. The Labute approximate surface area is 113 Å². The fourth-order valence-corrected chi connectivity index (χ4v) is 3.36. The van der Waals surface area contributed by atoms with Crippen LogP contribution in [0.2, 0.25) is 0 Å². The van der Waals surface area contributed by atoms with Gasteiger partial charge in [-0.3, -0.25) is 4.57 Å². The van der Waals surface area contributed by atoms with Crippen molar-refractivity contribution in [2.24, 2.45) is 17.8 Å². The molecule has 0 aliphatic heterocycles. The van der Waals surface area contributed by atoms with Gasteiger partial charge in [0.15, 0.2) is 0 Å². The molecule has 4 atom stereocenters. The number of nitrogens with two attached hydrogens (primary N) is 1. The average Bonchev–Trinajstić information content (AvgIpc) is 2.26. The van der Waals surface area contributed by atoms with Crippen LogP contribution in [0.4, 0.5) is 5.82 Å². The first kappa shape index (κ1) is 14.1. The first-order valence-electron chi connectivity index (χ1n) is 6.93. The van der Waals surface area contributed by atoms with Crippen LogP contribution in [0.25, 0.3) is 0 Å². The smallest absolute Gasteiger partial charge is 0.349 e. The monoisotopic (exact) mass is 265 g/mol. The number of anilines is 1. The zero-order valence-corrected chi connectivity index (χ0v) is 11.8. The molecule has 5 heteroatoms. The molecule has 3 N–H and O–H groups in total. The second-order valence-corrected chi connectivity index (χ2v) is 6.07. The molecule has 1 aliphatic carbocycles. The van der Waals surface area contributed by atoms with E-state index >= 15 is 0 Å². The van der Waals surface area contributed by atoms with E-state index in [0.717, 1.165) is 12.8 Å². The molecule has 1 heterocycles. The van der Waals surface area contributed by atoms with Crippen LogP contribution >= 0.6 is 0 Å². The summed E-state index contributed by atoms with van der Waals surface area (Å²) in [5, 5.41) is 10.3. The summed E-state index contributed by atoms with van der Waals surface area (Å²) >= 11 is 0. The van der Waals surface area contributed by atoms with E-state index in [1.807, 2.05) is 0 Å². The van der Waals surface area contributed by atoms with Gasteiger partial charge in [-0.1, -0.05) is 20.8 Å². The van der Waals surface area contributed by atoms with Crippen molar-refractivity contribution in [2.75, 3.05) is 5.73 Å². The summed E-state index contributed by atoms with van der Waals surface area (Å²) < 4.78 is 1.64. The van der Waals surface area contributed by atoms with Crippen LogP contribution in [-0.4, -0.2) is 20.8 Å². The number of aliphatic hydroxyl groups is 1. The Kier molecular flexibility index (Phi) is 3.94. The normalized spacial score (nSPS) is 31.6. The molecule has 19 heavy (non-hydrogen) atoms. The van der Waals surface area contributed by atoms with Gasteiger partial charge in [-0.25, -0.2) is 4.79 Å². The molecule has 1 aromatic heterocycles. The molecule has 2 rings (SSSR count). The Bertz CT molecular complexity index is 498. The van der Waals surface area contributed by atoms with Gasteiger partial charge in [0.1, 0.15) is 5.82 Å². The molecule has 0 aromatic carbocycles. The van der Waals surface area contributed by atoms with Crippen LogP contribution in [-0.2, 0) is 0 Å². The molecule has 0 amide bonds. The van der Waals surface area contributed by atoms with Crippen molar-refractivity contribution in [3.8, 4) is 0 Å². The second kappa shape index (κ2) is 5.33. The van der Waals surface area contributed by atoms with Crippen molar-refractivity contribution in [3.63, 3.8) is 0 Å². The topological polar surface area (TPSA) is 81.1 Å². The summed E-state index contributed by atoms with van der Waals surface area (Å²) in [6.45, 7) is 6.29. The molecule has 1 aromatic rings. The van der Waals surface area contributed by atoms with Gasteiger partial charge in [0, 0.05) is 18.2 Å². The van der Waals surface area contributed by atoms with Crippen LogP contribution < -0.4 is 11.4 Å². The minimum Gasteiger partial charge on any atom is -0.393 e. The molecule has 1 fully saturated rings. The van der Waals surface area contributed by atoms with Gasteiger partial charge in [-0.2, -0.15) is 4.98 Å². The van der Waals surface area contributed by atoms with Crippen molar-refractivity contribution in [2.45, 2.75) is 45.8 Å². The fraction of sp³-hybridized carbons (Fsp3) is 0.714. The fourth-order valence-electron chi connectivity index (χ4n) is 3.36. The third kappa shape index (κ3) is 2.81. The van der Waals surface area contributed by atoms with Gasteiger partial charge >= 0.3 is 5.69 Å². The molecule has 4 unspecified atom stereocenters. The van der Waals surface area contributed by atoms with Crippen LogP contribution in [0.15, 0.2) is 17.1 Å². The molecule has 0 radical (unpaired) electrons. The van der Waals surface area contributed by atoms with Crippen LogP contribution in [0, 0.1) is 17.8 Å². The summed E-state index contributed by atoms with van der Waals surface area (Å²) in [6, 6.07) is 1.64. The summed E-state index contributed by atoms with van der Waals surface area (Å²) in [6.07, 6.45) is 3.04. The van der Waals surface area contributed by atoms with Gasteiger partial charge < -0.3 is 10.8 Å². The molecule has 0 saturated heterocycles. The Morgan fingerprint density at radius 3 is 2.74 bits per heavy atom. The molecular weight excluding hydrogens is 242 g/mol. The van der Waals surface area contributed by atoms with Gasteiger partial charge in [-0.15, -0.1) is 0 Å². The zero-order valence-electron chi connectivity index (χ0n) is 11.8. The summed E-state index contributed by atoms with van der Waals surface area (Å²) in [7, 11) is 0. The Balaban J connectivity index is 2.40. The van der Waals surface area contributed by atoms with E-state index < -0.39 is 0 Å². The summed E-state index contributed by atoms with van der Waals surface area (Å²) in [5.41, 5.74) is 5.21. The highest BCUT2D eigenvalue weighted by molar-refractivity contribution is 5.23. The first-order chi connectivity index (χ1) is 8.90. The molecule has 1 aliphatic rings. The maximum atomic E-state index is 12.0. The lowest BCUT2D eigenvalue weighted by Crippen LogP contribution is -2.43. The third-order valence-corrected chi connectivity index (χ3v) is 4.15. The quantitative estimate of drug-likeness (QED) is 0.847. The maximum Gasteiger partial charge on any atom is 0.349 e. The predicted molar refractivity (Wildman–Crippen MR) is 74.7 cm³/mol. The molecule has 5 nitrogen and oxygen atoms in total. The standard InChI is InChI=1S/C14H23N3O2/c1-8(2)13-10(6-9(3)7-11(13)18)17-5-4-12(15)16-14(17)19/h4-5,8-11,13,18H,6-7H2,1-3H3,(H2,15,16,19). The lowest BCUT2D eigenvalue weighted by atomic mass is 9.72. The highest BCUT2D eigenvalue weighted by atomic mass is 16.3. The highest BCUT2D eigenvalue weighted by Gasteiger charge is 2.38. The van der Waals surface area contributed by atoms with E-state index in [0.29, 0.717) is 11.8 Å². The van der Waals surface area contributed by atoms with E-state index in [9.17, 15) is 9.90 Å². The van der Waals surface area contributed by atoms with Crippen molar-refractivity contribution in [1.29, 1.82) is 0 Å². The predicted octanol–water partition coefficient (Wildman–Crippen LogP) is 1.43. The second-order valence-electron chi connectivity index (χ2n) is 6.07. The number of aromatic nitrogens is 2. The molecule has 1 saturated carbocycles. The summed E-state index contributed by atoms with van der Waals surface area (Å²) in [5.74, 6) is 1.04. The van der Waals surface area contributed by atoms with Crippen molar-refractivity contribution < 1.29 is 5.11 Å². The van der Waals surface area contributed by atoms with Gasteiger partial charge in [0.05, 0.1) is 6.10 Å². The molecule has 106 valence electrons. The number of rotatable bonds is 2. The zero-order chi connectivity index (χ0) is 14.2. The number of hydrogen-bond donors (Lipinski definition) is 2.